The molecule has 0 spiro atoms. The molecule has 3 nitrogen and oxygen atoms in total. The lowest BCUT2D eigenvalue weighted by Crippen LogP contribution is -2.14. The van der Waals surface area contributed by atoms with Crippen molar-refractivity contribution in [1.82, 2.24) is 14.8 Å². The molecule has 4 heteroatoms. The van der Waals surface area contributed by atoms with E-state index >= 15 is 0 Å². The first-order valence-electron chi connectivity index (χ1n) is 6.71. The van der Waals surface area contributed by atoms with Crippen molar-refractivity contribution in [3.63, 3.8) is 0 Å². The Kier molecular flexibility index (Phi) is 4.60. The molecule has 17 heavy (non-hydrogen) atoms. The Labute approximate surface area is 112 Å². The standard InChI is InChI=1S/C13H22BrN3/c1-10(2)17-13(15-9-16-17)8-7-12(14)11-5-3-4-6-11/h9-12H,3-8H2,1-2H3. The highest BCUT2D eigenvalue weighted by atomic mass is 79.9. The number of nitrogens with zero attached hydrogens (tertiary/aromatic N) is 3. The number of halogens is 1. The van der Waals surface area contributed by atoms with Crippen LogP contribution in [0, 0.1) is 5.92 Å². The van der Waals surface area contributed by atoms with Crippen LogP contribution in [0.1, 0.15) is 57.8 Å². The van der Waals surface area contributed by atoms with Crippen LogP contribution in [0.3, 0.4) is 0 Å². The van der Waals surface area contributed by atoms with Gasteiger partial charge in [0.15, 0.2) is 0 Å². The minimum absolute atomic E-state index is 0.410. The van der Waals surface area contributed by atoms with Gasteiger partial charge in [0.05, 0.1) is 0 Å². The van der Waals surface area contributed by atoms with Gasteiger partial charge >= 0.3 is 0 Å². The van der Waals surface area contributed by atoms with E-state index in [0.29, 0.717) is 10.9 Å². The van der Waals surface area contributed by atoms with Crippen LogP contribution in [0.15, 0.2) is 6.33 Å². The smallest absolute Gasteiger partial charge is 0.138 e. The minimum Gasteiger partial charge on any atom is -0.248 e. The fourth-order valence-corrected chi connectivity index (χ4v) is 3.46. The lowest BCUT2D eigenvalue weighted by molar-refractivity contribution is 0.473. The number of aryl methyl sites for hydroxylation is 1. The van der Waals surface area contributed by atoms with Crippen LogP contribution in [-0.2, 0) is 6.42 Å². The molecule has 0 N–H and O–H groups in total. The SMILES string of the molecule is CC(C)n1ncnc1CCC(Br)C1CCCC1. The van der Waals surface area contributed by atoms with E-state index in [1.165, 1.54) is 32.1 Å². The Balaban J connectivity index is 1.86. The van der Waals surface area contributed by atoms with E-state index in [4.69, 9.17) is 0 Å². The number of aromatic nitrogens is 3. The van der Waals surface area contributed by atoms with E-state index in [1.807, 2.05) is 4.68 Å². The van der Waals surface area contributed by atoms with Crippen LogP contribution in [-0.4, -0.2) is 19.6 Å². The van der Waals surface area contributed by atoms with Crippen LogP contribution in [0.2, 0.25) is 0 Å². The van der Waals surface area contributed by atoms with Crippen molar-refractivity contribution >= 4 is 15.9 Å². The molecular weight excluding hydrogens is 278 g/mol. The van der Waals surface area contributed by atoms with Gasteiger partial charge in [-0.15, -0.1) is 0 Å². The molecule has 2 rings (SSSR count). The lowest BCUT2D eigenvalue weighted by atomic mass is 10.0. The molecule has 0 radical (unpaired) electrons. The maximum atomic E-state index is 4.37. The summed E-state index contributed by atoms with van der Waals surface area (Å²) in [5.74, 6) is 2.01. The summed E-state index contributed by atoms with van der Waals surface area (Å²) in [7, 11) is 0. The largest absolute Gasteiger partial charge is 0.248 e. The summed E-state index contributed by atoms with van der Waals surface area (Å²) in [5, 5.41) is 4.28. The maximum Gasteiger partial charge on any atom is 0.138 e. The molecule has 0 amide bonds. The van der Waals surface area contributed by atoms with E-state index in [2.05, 4.69) is 39.9 Å². The van der Waals surface area contributed by atoms with Crippen molar-refractivity contribution in [2.45, 2.75) is 63.2 Å². The molecule has 1 aliphatic rings. The van der Waals surface area contributed by atoms with Crippen molar-refractivity contribution in [2.75, 3.05) is 0 Å². The van der Waals surface area contributed by atoms with Crippen LogP contribution in [0.25, 0.3) is 0 Å². The lowest BCUT2D eigenvalue weighted by Gasteiger charge is -2.17. The van der Waals surface area contributed by atoms with E-state index < -0.39 is 0 Å². The third-order valence-electron chi connectivity index (χ3n) is 3.69. The van der Waals surface area contributed by atoms with Gasteiger partial charge in [-0.05, 0) is 39.0 Å². The van der Waals surface area contributed by atoms with Gasteiger partial charge < -0.3 is 0 Å². The monoisotopic (exact) mass is 299 g/mol. The maximum absolute atomic E-state index is 4.37. The Morgan fingerprint density at radius 3 is 2.76 bits per heavy atom. The highest BCUT2D eigenvalue weighted by Gasteiger charge is 2.23. The van der Waals surface area contributed by atoms with E-state index in [0.717, 1.165) is 18.2 Å². The second kappa shape index (κ2) is 5.98. The third-order valence-corrected chi connectivity index (χ3v) is 4.90. The van der Waals surface area contributed by atoms with Gasteiger partial charge in [0.25, 0.3) is 0 Å². The molecule has 0 bridgehead atoms. The molecular formula is C13H22BrN3. The van der Waals surface area contributed by atoms with Crippen molar-refractivity contribution in [1.29, 1.82) is 0 Å². The average Bonchev–Trinajstić information content (AvgIpc) is 2.96. The summed E-state index contributed by atoms with van der Waals surface area (Å²) in [4.78, 5) is 5.02. The predicted octanol–water partition coefficient (Wildman–Crippen LogP) is 3.75. The van der Waals surface area contributed by atoms with Crippen molar-refractivity contribution in [3.8, 4) is 0 Å². The summed E-state index contributed by atoms with van der Waals surface area (Å²) < 4.78 is 2.04. The second-order valence-corrected chi connectivity index (χ2v) is 6.49. The zero-order valence-corrected chi connectivity index (χ0v) is 12.4. The number of hydrogen-bond acceptors (Lipinski definition) is 2. The molecule has 1 saturated carbocycles. The molecule has 96 valence electrons. The molecule has 0 saturated heterocycles. The van der Waals surface area contributed by atoms with E-state index in [-0.39, 0.29) is 0 Å². The van der Waals surface area contributed by atoms with Gasteiger partial charge in [0, 0.05) is 17.3 Å². The summed E-state index contributed by atoms with van der Waals surface area (Å²) in [5.41, 5.74) is 0. The fourth-order valence-electron chi connectivity index (χ4n) is 2.71. The van der Waals surface area contributed by atoms with Crippen LogP contribution >= 0.6 is 15.9 Å². The minimum atomic E-state index is 0.410. The molecule has 1 fully saturated rings. The number of hydrogen-bond donors (Lipinski definition) is 0. The predicted molar refractivity (Wildman–Crippen MR) is 73.4 cm³/mol. The first kappa shape index (κ1) is 13.1. The highest BCUT2D eigenvalue weighted by Crippen LogP contribution is 2.33. The number of alkyl halides is 1. The van der Waals surface area contributed by atoms with Crippen LogP contribution < -0.4 is 0 Å². The van der Waals surface area contributed by atoms with Crippen LogP contribution in [0.4, 0.5) is 0 Å². The molecule has 0 aromatic carbocycles. The Morgan fingerprint density at radius 2 is 2.12 bits per heavy atom. The first-order valence-corrected chi connectivity index (χ1v) is 7.62. The molecule has 1 aliphatic carbocycles. The summed E-state index contributed by atoms with van der Waals surface area (Å²) in [6.07, 6.45) is 9.50. The second-order valence-electron chi connectivity index (χ2n) is 5.31. The van der Waals surface area contributed by atoms with Gasteiger partial charge in [-0.3, -0.25) is 0 Å². The fraction of sp³-hybridized carbons (Fsp3) is 0.846. The zero-order valence-electron chi connectivity index (χ0n) is 10.8. The average molecular weight is 300 g/mol. The molecule has 1 unspecified atom stereocenters. The molecule has 1 heterocycles. The van der Waals surface area contributed by atoms with E-state index in [1.54, 1.807) is 6.33 Å². The molecule has 1 aromatic heterocycles. The summed E-state index contributed by atoms with van der Waals surface area (Å²) in [6.45, 7) is 4.31. The van der Waals surface area contributed by atoms with Gasteiger partial charge in [-0.25, -0.2) is 9.67 Å². The normalized spacial score (nSPS) is 19.1. The topological polar surface area (TPSA) is 30.7 Å². The highest BCUT2D eigenvalue weighted by molar-refractivity contribution is 9.09. The first-order chi connectivity index (χ1) is 8.18. The van der Waals surface area contributed by atoms with Crippen molar-refractivity contribution in [3.05, 3.63) is 12.2 Å². The quantitative estimate of drug-likeness (QED) is 0.775. The Bertz CT molecular complexity index is 342. The summed E-state index contributed by atoms with van der Waals surface area (Å²) in [6, 6.07) is 0.410. The number of rotatable bonds is 5. The third kappa shape index (κ3) is 3.30. The summed E-state index contributed by atoms with van der Waals surface area (Å²) >= 11 is 3.85. The Morgan fingerprint density at radius 1 is 1.41 bits per heavy atom. The van der Waals surface area contributed by atoms with Crippen molar-refractivity contribution < 1.29 is 0 Å². The van der Waals surface area contributed by atoms with Crippen molar-refractivity contribution in [2.24, 2.45) is 5.92 Å². The molecule has 1 atom stereocenters. The Hall–Kier alpha value is -0.380. The molecule has 1 aromatic rings. The van der Waals surface area contributed by atoms with E-state index in [9.17, 15) is 0 Å². The zero-order chi connectivity index (χ0) is 12.3. The van der Waals surface area contributed by atoms with Gasteiger partial charge in [0.1, 0.15) is 12.2 Å². The van der Waals surface area contributed by atoms with Gasteiger partial charge in [0.2, 0.25) is 0 Å². The molecule has 0 aliphatic heterocycles. The van der Waals surface area contributed by atoms with Gasteiger partial charge in [-0.2, -0.15) is 5.10 Å². The van der Waals surface area contributed by atoms with Gasteiger partial charge in [-0.1, -0.05) is 28.8 Å². The van der Waals surface area contributed by atoms with Crippen LogP contribution in [0.5, 0.6) is 0 Å².